The summed E-state index contributed by atoms with van der Waals surface area (Å²) in [6, 6.07) is 0.665. The monoisotopic (exact) mass is 227 g/mol. The van der Waals surface area contributed by atoms with Crippen molar-refractivity contribution in [2.75, 3.05) is 40.3 Å². The van der Waals surface area contributed by atoms with Crippen LogP contribution in [0.1, 0.15) is 27.7 Å². The number of hydrogen-bond acceptors (Lipinski definition) is 3. The Kier molecular flexibility index (Phi) is 4.77. The molecular formula is C13H29N3. The quantitative estimate of drug-likeness (QED) is 0.780. The molecule has 1 saturated heterocycles. The first-order valence-electron chi connectivity index (χ1n) is 6.48. The molecular weight excluding hydrogens is 198 g/mol. The van der Waals surface area contributed by atoms with Gasteiger partial charge in [0.1, 0.15) is 0 Å². The van der Waals surface area contributed by atoms with Crippen LogP contribution in [0.4, 0.5) is 0 Å². The maximum atomic E-state index is 3.33. The van der Waals surface area contributed by atoms with Crippen molar-refractivity contribution in [1.82, 2.24) is 15.1 Å². The average Bonchev–Trinajstić information content (AvgIpc) is 2.18. The summed E-state index contributed by atoms with van der Waals surface area (Å²) in [7, 11) is 4.29. The molecule has 1 N–H and O–H groups in total. The first kappa shape index (κ1) is 13.9. The van der Waals surface area contributed by atoms with Crippen molar-refractivity contribution in [3.8, 4) is 0 Å². The topological polar surface area (TPSA) is 18.5 Å². The minimum atomic E-state index is 0.305. The SMILES string of the molecule is CNCC(C(C)C)N1CCN(C)C(C)(C)C1. The minimum absolute atomic E-state index is 0.305. The van der Waals surface area contributed by atoms with Crippen LogP contribution in [-0.4, -0.2) is 61.7 Å². The van der Waals surface area contributed by atoms with Gasteiger partial charge in [-0.25, -0.2) is 0 Å². The van der Waals surface area contributed by atoms with Crippen molar-refractivity contribution in [2.45, 2.75) is 39.3 Å². The molecule has 1 aliphatic heterocycles. The molecule has 16 heavy (non-hydrogen) atoms. The number of rotatable bonds is 4. The van der Waals surface area contributed by atoms with Gasteiger partial charge in [-0.2, -0.15) is 0 Å². The Bertz CT molecular complexity index is 213. The lowest BCUT2D eigenvalue weighted by Gasteiger charge is -2.48. The van der Waals surface area contributed by atoms with E-state index < -0.39 is 0 Å². The fourth-order valence-corrected chi connectivity index (χ4v) is 2.56. The van der Waals surface area contributed by atoms with Crippen LogP contribution in [0.25, 0.3) is 0 Å². The van der Waals surface area contributed by atoms with E-state index >= 15 is 0 Å². The number of likely N-dealkylation sites (N-methyl/N-ethyl adjacent to an activating group) is 2. The third kappa shape index (κ3) is 3.19. The molecule has 0 radical (unpaired) electrons. The summed E-state index contributed by atoms with van der Waals surface area (Å²) in [6.45, 7) is 14.0. The van der Waals surface area contributed by atoms with Crippen LogP contribution >= 0.6 is 0 Å². The number of nitrogens with zero attached hydrogens (tertiary/aromatic N) is 2. The molecule has 0 aliphatic carbocycles. The molecule has 3 nitrogen and oxygen atoms in total. The van der Waals surface area contributed by atoms with Gasteiger partial charge in [0, 0.05) is 37.8 Å². The Labute approximate surface area is 101 Å². The summed E-state index contributed by atoms with van der Waals surface area (Å²) in [4.78, 5) is 5.13. The Morgan fingerprint density at radius 2 is 1.88 bits per heavy atom. The molecule has 96 valence electrons. The third-order valence-electron chi connectivity index (χ3n) is 4.00. The summed E-state index contributed by atoms with van der Waals surface area (Å²) >= 11 is 0. The summed E-state index contributed by atoms with van der Waals surface area (Å²) in [5.41, 5.74) is 0.305. The zero-order valence-corrected chi connectivity index (χ0v) is 11.9. The Morgan fingerprint density at radius 1 is 1.25 bits per heavy atom. The van der Waals surface area contributed by atoms with Crippen LogP contribution in [0.2, 0.25) is 0 Å². The van der Waals surface area contributed by atoms with Crippen molar-refractivity contribution in [2.24, 2.45) is 5.92 Å². The highest BCUT2D eigenvalue weighted by Crippen LogP contribution is 2.22. The van der Waals surface area contributed by atoms with E-state index in [1.807, 2.05) is 0 Å². The second-order valence-electron chi connectivity index (χ2n) is 6.07. The maximum Gasteiger partial charge on any atom is 0.0277 e. The molecule has 3 heteroatoms. The van der Waals surface area contributed by atoms with Crippen molar-refractivity contribution in [3.63, 3.8) is 0 Å². The maximum absolute atomic E-state index is 3.33. The highest BCUT2D eigenvalue weighted by molar-refractivity contribution is 4.91. The van der Waals surface area contributed by atoms with Gasteiger partial charge in [0.25, 0.3) is 0 Å². The molecule has 1 atom stereocenters. The Hall–Kier alpha value is -0.120. The molecule has 0 saturated carbocycles. The fraction of sp³-hybridized carbons (Fsp3) is 1.00. The largest absolute Gasteiger partial charge is 0.318 e. The second kappa shape index (κ2) is 5.48. The van der Waals surface area contributed by atoms with E-state index in [1.54, 1.807) is 0 Å². The number of hydrogen-bond donors (Lipinski definition) is 1. The second-order valence-corrected chi connectivity index (χ2v) is 6.07. The molecule has 1 unspecified atom stereocenters. The van der Waals surface area contributed by atoms with Crippen LogP contribution in [-0.2, 0) is 0 Å². The molecule has 0 amide bonds. The highest BCUT2D eigenvalue weighted by Gasteiger charge is 2.34. The van der Waals surface area contributed by atoms with E-state index in [9.17, 15) is 0 Å². The lowest BCUT2D eigenvalue weighted by atomic mass is 9.95. The standard InChI is InChI=1S/C13H29N3/c1-11(2)12(9-14-5)16-8-7-15(6)13(3,4)10-16/h11-12,14H,7-10H2,1-6H3. The summed E-state index contributed by atoms with van der Waals surface area (Å²) in [5, 5.41) is 3.33. The predicted molar refractivity (Wildman–Crippen MR) is 70.8 cm³/mol. The molecule has 1 aliphatic rings. The molecule has 0 bridgehead atoms. The molecule has 0 aromatic rings. The minimum Gasteiger partial charge on any atom is -0.318 e. The average molecular weight is 227 g/mol. The van der Waals surface area contributed by atoms with Gasteiger partial charge >= 0.3 is 0 Å². The van der Waals surface area contributed by atoms with E-state index in [0.29, 0.717) is 17.5 Å². The molecule has 0 aromatic heterocycles. The Balaban J connectivity index is 2.65. The van der Waals surface area contributed by atoms with Gasteiger partial charge in [0.15, 0.2) is 0 Å². The smallest absolute Gasteiger partial charge is 0.0277 e. The van der Waals surface area contributed by atoms with Gasteiger partial charge in [-0.15, -0.1) is 0 Å². The summed E-state index contributed by atoms with van der Waals surface area (Å²) < 4.78 is 0. The van der Waals surface area contributed by atoms with E-state index in [-0.39, 0.29) is 0 Å². The van der Waals surface area contributed by atoms with Gasteiger partial charge in [-0.05, 0) is 33.9 Å². The lowest BCUT2D eigenvalue weighted by molar-refractivity contribution is 0.00623. The Morgan fingerprint density at radius 3 is 2.31 bits per heavy atom. The van der Waals surface area contributed by atoms with Crippen LogP contribution in [0.5, 0.6) is 0 Å². The number of nitrogens with one attached hydrogen (secondary N) is 1. The highest BCUT2D eigenvalue weighted by atomic mass is 15.3. The normalized spacial score (nSPS) is 24.9. The first-order chi connectivity index (χ1) is 7.38. The lowest BCUT2D eigenvalue weighted by Crippen LogP contribution is -2.61. The molecule has 0 spiro atoms. The number of piperazine rings is 1. The molecule has 1 fully saturated rings. The van der Waals surface area contributed by atoms with Crippen LogP contribution < -0.4 is 5.32 Å². The fourth-order valence-electron chi connectivity index (χ4n) is 2.56. The first-order valence-corrected chi connectivity index (χ1v) is 6.48. The third-order valence-corrected chi connectivity index (χ3v) is 4.00. The van der Waals surface area contributed by atoms with Crippen molar-refractivity contribution in [3.05, 3.63) is 0 Å². The zero-order valence-electron chi connectivity index (χ0n) is 11.9. The van der Waals surface area contributed by atoms with E-state index in [4.69, 9.17) is 0 Å². The van der Waals surface area contributed by atoms with Gasteiger partial charge in [-0.1, -0.05) is 13.8 Å². The van der Waals surface area contributed by atoms with Crippen LogP contribution in [0, 0.1) is 5.92 Å². The van der Waals surface area contributed by atoms with Crippen LogP contribution in [0.3, 0.4) is 0 Å². The van der Waals surface area contributed by atoms with E-state index in [2.05, 4.69) is 56.9 Å². The van der Waals surface area contributed by atoms with Crippen molar-refractivity contribution in [1.29, 1.82) is 0 Å². The van der Waals surface area contributed by atoms with Crippen molar-refractivity contribution >= 4 is 0 Å². The molecule has 1 heterocycles. The molecule has 0 aromatic carbocycles. The van der Waals surface area contributed by atoms with E-state index in [1.165, 1.54) is 19.6 Å². The van der Waals surface area contributed by atoms with Gasteiger partial charge in [-0.3, -0.25) is 9.80 Å². The predicted octanol–water partition coefficient (Wildman–Crippen LogP) is 1.26. The molecule has 1 rings (SSSR count). The summed E-state index contributed by atoms with van der Waals surface area (Å²) in [6.07, 6.45) is 0. The van der Waals surface area contributed by atoms with Crippen molar-refractivity contribution < 1.29 is 0 Å². The zero-order chi connectivity index (χ0) is 12.3. The van der Waals surface area contributed by atoms with Gasteiger partial charge in [0.05, 0.1) is 0 Å². The van der Waals surface area contributed by atoms with E-state index in [0.717, 1.165) is 6.54 Å². The van der Waals surface area contributed by atoms with Gasteiger partial charge in [0.2, 0.25) is 0 Å². The van der Waals surface area contributed by atoms with Crippen LogP contribution in [0.15, 0.2) is 0 Å². The van der Waals surface area contributed by atoms with Gasteiger partial charge < -0.3 is 5.32 Å². The summed E-state index contributed by atoms with van der Waals surface area (Å²) in [5.74, 6) is 0.714.